The Morgan fingerprint density at radius 2 is 1.94 bits per heavy atom. The van der Waals surface area contributed by atoms with Gasteiger partial charge in [0.2, 0.25) is 11.8 Å². The molecule has 0 saturated carbocycles. The molecule has 3 aromatic heterocycles. The molecule has 5 heterocycles. The largest absolute Gasteiger partial charge is 0.501 e. The molecule has 0 aliphatic carbocycles. The van der Waals surface area contributed by atoms with E-state index in [9.17, 15) is 0 Å². The predicted octanol–water partition coefficient (Wildman–Crippen LogP) is 4.05. The van der Waals surface area contributed by atoms with Gasteiger partial charge in [-0.05, 0) is 25.5 Å². The zero-order chi connectivity index (χ0) is 23.1. The van der Waals surface area contributed by atoms with Crippen LogP contribution in [0.2, 0.25) is 0 Å². The van der Waals surface area contributed by atoms with Gasteiger partial charge in [0.15, 0.2) is 5.82 Å². The minimum Gasteiger partial charge on any atom is -0.501 e. The third-order valence-electron chi connectivity index (χ3n) is 6.28. The Labute approximate surface area is 201 Å². The quantitative estimate of drug-likeness (QED) is 0.464. The number of anilines is 1. The molecule has 1 aromatic carbocycles. The first-order chi connectivity index (χ1) is 16.7. The average Bonchev–Trinajstić information content (AvgIpc) is 3.53. The van der Waals surface area contributed by atoms with Crippen molar-refractivity contribution >= 4 is 37.7 Å². The number of rotatable bonds is 5. The predicted molar refractivity (Wildman–Crippen MR) is 135 cm³/mol. The minimum atomic E-state index is 0.308. The molecule has 1 saturated heterocycles. The fourth-order valence-corrected chi connectivity index (χ4v) is 5.60. The second-order valence-electron chi connectivity index (χ2n) is 8.48. The highest BCUT2D eigenvalue weighted by atomic mass is 32.1. The minimum absolute atomic E-state index is 0.308. The van der Waals surface area contributed by atoms with Crippen LogP contribution in [0.25, 0.3) is 31.8 Å². The van der Waals surface area contributed by atoms with Gasteiger partial charge in [0.05, 0.1) is 30.6 Å². The molecule has 1 unspecified atom stereocenters. The summed E-state index contributed by atoms with van der Waals surface area (Å²) in [5, 5.41) is 4.36. The third kappa shape index (κ3) is 3.74. The second kappa shape index (κ2) is 8.81. The van der Waals surface area contributed by atoms with E-state index in [0.29, 0.717) is 31.0 Å². The number of fused-ring (bicyclic) bond motifs is 3. The van der Waals surface area contributed by atoms with Gasteiger partial charge in [-0.1, -0.05) is 24.3 Å². The Morgan fingerprint density at radius 3 is 2.68 bits per heavy atom. The summed E-state index contributed by atoms with van der Waals surface area (Å²) in [6, 6.07) is 8.43. The normalized spacial score (nSPS) is 18.1. The van der Waals surface area contributed by atoms with Crippen molar-refractivity contribution in [2.75, 3.05) is 44.3 Å². The van der Waals surface area contributed by atoms with Gasteiger partial charge in [-0.3, -0.25) is 0 Å². The summed E-state index contributed by atoms with van der Waals surface area (Å²) in [4.78, 5) is 22.7. The van der Waals surface area contributed by atoms with Crippen LogP contribution in [-0.2, 0) is 4.74 Å². The summed E-state index contributed by atoms with van der Waals surface area (Å²) in [5.74, 6) is 2.36. The topological polar surface area (TPSA) is 85.3 Å². The number of thiophene rings is 1. The van der Waals surface area contributed by atoms with E-state index >= 15 is 0 Å². The van der Waals surface area contributed by atoms with Crippen molar-refractivity contribution in [1.82, 2.24) is 25.3 Å². The van der Waals surface area contributed by atoms with Gasteiger partial charge < -0.3 is 19.7 Å². The average molecular weight is 475 g/mol. The number of hydrogen-bond acceptors (Lipinski definition) is 9. The van der Waals surface area contributed by atoms with Gasteiger partial charge >= 0.3 is 0 Å². The number of benzene rings is 1. The third-order valence-corrected chi connectivity index (χ3v) is 7.34. The molecule has 0 spiro atoms. The Kier molecular flexibility index (Phi) is 5.50. The SMILES string of the molecule is CCOc1nc(N2CCNCC2)nc2c1sc1nc(-c3ccc(C4C=COC4)cc3)nc(C)c12. The highest BCUT2D eigenvalue weighted by Gasteiger charge is 2.22. The number of aromatic nitrogens is 4. The summed E-state index contributed by atoms with van der Waals surface area (Å²) in [5.41, 5.74) is 4.01. The van der Waals surface area contributed by atoms with E-state index in [-0.39, 0.29) is 0 Å². The Balaban J connectivity index is 1.44. The van der Waals surface area contributed by atoms with Gasteiger partial charge in [-0.25, -0.2) is 15.0 Å². The van der Waals surface area contributed by atoms with Crippen LogP contribution >= 0.6 is 11.3 Å². The van der Waals surface area contributed by atoms with Crippen molar-refractivity contribution in [3.05, 3.63) is 47.9 Å². The second-order valence-corrected chi connectivity index (χ2v) is 9.48. The first-order valence-corrected chi connectivity index (χ1v) is 12.5. The zero-order valence-corrected chi connectivity index (χ0v) is 20.1. The number of aryl methyl sites for hydroxylation is 1. The number of nitrogens with zero attached hydrogens (tertiary/aromatic N) is 5. The van der Waals surface area contributed by atoms with Crippen LogP contribution in [0.15, 0.2) is 36.6 Å². The lowest BCUT2D eigenvalue weighted by Crippen LogP contribution is -2.44. The molecule has 2 aliphatic heterocycles. The van der Waals surface area contributed by atoms with Crippen molar-refractivity contribution in [3.63, 3.8) is 0 Å². The summed E-state index contributed by atoms with van der Waals surface area (Å²) in [6.07, 6.45) is 3.86. The van der Waals surface area contributed by atoms with Crippen LogP contribution in [0, 0.1) is 6.92 Å². The molecule has 2 aliphatic rings. The van der Waals surface area contributed by atoms with Crippen molar-refractivity contribution in [1.29, 1.82) is 0 Å². The van der Waals surface area contributed by atoms with E-state index in [1.54, 1.807) is 17.6 Å². The molecule has 0 bridgehead atoms. The number of hydrogen-bond donors (Lipinski definition) is 1. The highest BCUT2D eigenvalue weighted by Crippen LogP contribution is 2.39. The molecule has 0 amide bonds. The monoisotopic (exact) mass is 474 g/mol. The van der Waals surface area contributed by atoms with Crippen molar-refractivity contribution in [2.24, 2.45) is 0 Å². The van der Waals surface area contributed by atoms with Gasteiger partial charge in [0.1, 0.15) is 15.0 Å². The summed E-state index contributed by atoms with van der Waals surface area (Å²) >= 11 is 1.57. The van der Waals surface area contributed by atoms with Gasteiger partial charge in [-0.15, -0.1) is 11.3 Å². The van der Waals surface area contributed by atoms with E-state index in [1.807, 2.05) is 13.8 Å². The lowest BCUT2D eigenvalue weighted by molar-refractivity contribution is 0.269. The lowest BCUT2D eigenvalue weighted by Gasteiger charge is -2.27. The smallest absolute Gasteiger partial charge is 0.236 e. The molecule has 1 fully saturated rings. The molecule has 1 atom stereocenters. The molecule has 6 rings (SSSR count). The summed E-state index contributed by atoms with van der Waals surface area (Å²) < 4.78 is 12.2. The maximum absolute atomic E-state index is 5.95. The first kappa shape index (κ1) is 21.2. The number of ether oxygens (including phenoxy) is 2. The van der Waals surface area contributed by atoms with E-state index in [1.165, 1.54) is 5.56 Å². The van der Waals surface area contributed by atoms with E-state index in [4.69, 9.17) is 29.4 Å². The lowest BCUT2D eigenvalue weighted by atomic mass is 9.99. The Morgan fingerprint density at radius 1 is 1.12 bits per heavy atom. The Bertz CT molecular complexity index is 1380. The van der Waals surface area contributed by atoms with Crippen LogP contribution in [0.5, 0.6) is 5.88 Å². The molecule has 174 valence electrons. The van der Waals surface area contributed by atoms with Crippen LogP contribution in [-0.4, -0.2) is 59.3 Å². The summed E-state index contributed by atoms with van der Waals surface area (Å²) in [6.45, 7) is 8.84. The van der Waals surface area contributed by atoms with Crippen molar-refractivity contribution in [3.8, 4) is 17.3 Å². The number of nitrogens with one attached hydrogen (secondary N) is 1. The highest BCUT2D eigenvalue weighted by molar-refractivity contribution is 7.25. The first-order valence-electron chi connectivity index (χ1n) is 11.7. The fourth-order valence-electron chi connectivity index (χ4n) is 4.49. The molecule has 8 nitrogen and oxygen atoms in total. The van der Waals surface area contributed by atoms with Crippen LogP contribution in [0.1, 0.15) is 24.1 Å². The van der Waals surface area contributed by atoms with Gasteiger partial charge in [0.25, 0.3) is 0 Å². The van der Waals surface area contributed by atoms with Crippen LogP contribution in [0.3, 0.4) is 0 Å². The maximum Gasteiger partial charge on any atom is 0.236 e. The summed E-state index contributed by atoms with van der Waals surface area (Å²) in [7, 11) is 0. The molecule has 4 aromatic rings. The van der Waals surface area contributed by atoms with E-state index < -0.39 is 0 Å². The van der Waals surface area contributed by atoms with Gasteiger partial charge in [0, 0.05) is 37.7 Å². The molecular formula is C25H26N6O2S. The molecule has 1 N–H and O–H groups in total. The van der Waals surface area contributed by atoms with E-state index in [0.717, 1.165) is 63.7 Å². The number of piperazine rings is 1. The standard InChI is InChI=1S/C25H26N6O2S/c1-3-33-23-21-20(28-25(30-23)31-11-9-26-10-12-31)19-15(2)27-22(29-24(19)34-21)17-6-4-16(5-7-17)18-8-13-32-14-18/h4-8,13,18,26H,3,9-12,14H2,1-2H3. The molecule has 9 heteroatoms. The van der Waals surface area contributed by atoms with E-state index in [2.05, 4.69) is 40.6 Å². The zero-order valence-electron chi connectivity index (χ0n) is 19.2. The van der Waals surface area contributed by atoms with Crippen LogP contribution < -0.4 is 15.0 Å². The van der Waals surface area contributed by atoms with Crippen LogP contribution in [0.4, 0.5) is 5.95 Å². The molecule has 34 heavy (non-hydrogen) atoms. The Hall–Kier alpha value is -3.30. The van der Waals surface area contributed by atoms with Crippen molar-refractivity contribution < 1.29 is 9.47 Å². The molecular weight excluding hydrogens is 448 g/mol. The maximum atomic E-state index is 5.95. The molecule has 0 radical (unpaired) electrons. The van der Waals surface area contributed by atoms with Crippen molar-refractivity contribution in [2.45, 2.75) is 19.8 Å². The fraction of sp³-hybridized carbons (Fsp3) is 0.360. The van der Waals surface area contributed by atoms with Gasteiger partial charge in [-0.2, -0.15) is 4.98 Å².